The largest absolute Gasteiger partial charge is 0.348 e. The van der Waals surface area contributed by atoms with Crippen molar-refractivity contribution in [1.82, 2.24) is 9.47 Å². The second-order valence-corrected chi connectivity index (χ2v) is 6.14. The maximum absolute atomic E-state index is 12.6. The van der Waals surface area contributed by atoms with Crippen LogP contribution in [-0.4, -0.2) is 27.6 Å². The monoisotopic (exact) mass is 285 g/mol. The van der Waals surface area contributed by atoms with Gasteiger partial charge in [0.15, 0.2) is 0 Å². The number of hydrogen-bond acceptors (Lipinski definition) is 1. The third-order valence-corrected chi connectivity index (χ3v) is 4.57. The number of anilines is 1. The van der Waals surface area contributed by atoms with Crippen LogP contribution in [0.5, 0.6) is 0 Å². The van der Waals surface area contributed by atoms with Crippen LogP contribution in [0.2, 0.25) is 0 Å². The van der Waals surface area contributed by atoms with Crippen molar-refractivity contribution in [2.24, 2.45) is 7.05 Å². The van der Waals surface area contributed by atoms with E-state index in [2.05, 4.69) is 25.2 Å². The summed E-state index contributed by atoms with van der Waals surface area (Å²) in [6, 6.07) is 8.77. The van der Waals surface area contributed by atoms with Gasteiger partial charge in [0.25, 0.3) is 0 Å². The lowest BCUT2D eigenvalue weighted by Crippen LogP contribution is -2.49. The lowest BCUT2D eigenvalue weighted by Gasteiger charge is -2.38. The Morgan fingerprint density at radius 1 is 1.19 bits per heavy atom. The topological polar surface area (TPSA) is 37.3 Å². The Labute approximate surface area is 125 Å². The number of nitrogens with zero attached hydrogens (tertiary/aromatic N) is 2. The molecule has 2 atom stereocenters. The van der Waals surface area contributed by atoms with Crippen LogP contribution in [-0.2, 0) is 7.05 Å². The molecule has 3 rings (SSSR count). The first-order valence-corrected chi connectivity index (χ1v) is 7.71. The van der Waals surface area contributed by atoms with Crippen molar-refractivity contribution in [3.05, 3.63) is 30.5 Å². The number of amides is 2. The standard InChI is InChI=1S/C17H23N3O/c1-12-7-6-8-13(2)20(12)17(21)18-15-11-19(3)16-10-5-4-9-14(15)16/h4-5,9-13H,6-8H2,1-3H3,(H,18,21). The van der Waals surface area contributed by atoms with E-state index >= 15 is 0 Å². The quantitative estimate of drug-likeness (QED) is 0.845. The number of nitrogens with one attached hydrogen (secondary N) is 1. The highest BCUT2D eigenvalue weighted by Crippen LogP contribution is 2.27. The fourth-order valence-corrected chi connectivity index (χ4v) is 3.44. The molecule has 0 bridgehead atoms. The molecule has 0 aliphatic carbocycles. The number of aromatic nitrogens is 1. The summed E-state index contributed by atoms with van der Waals surface area (Å²) < 4.78 is 2.05. The van der Waals surface area contributed by atoms with Gasteiger partial charge in [-0.2, -0.15) is 0 Å². The SMILES string of the molecule is CC1CCCC(C)N1C(=O)Nc1cn(C)c2ccccc12. The fraction of sp³-hybridized carbons (Fsp3) is 0.471. The summed E-state index contributed by atoms with van der Waals surface area (Å²) >= 11 is 0. The molecule has 1 aromatic heterocycles. The molecular formula is C17H23N3O. The number of piperidine rings is 1. The zero-order chi connectivity index (χ0) is 15.0. The van der Waals surface area contributed by atoms with Crippen LogP contribution in [0, 0.1) is 0 Å². The number of fused-ring (bicyclic) bond motifs is 1. The maximum atomic E-state index is 12.6. The Bertz CT molecular complexity index is 651. The maximum Gasteiger partial charge on any atom is 0.322 e. The Morgan fingerprint density at radius 2 is 1.86 bits per heavy atom. The van der Waals surface area contributed by atoms with E-state index in [1.54, 1.807) is 0 Å². The minimum absolute atomic E-state index is 0.0195. The lowest BCUT2D eigenvalue weighted by atomic mass is 9.98. The third-order valence-electron chi connectivity index (χ3n) is 4.57. The van der Waals surface area contributed by atoms with Crippen LogP contribution in [0.15, 0.2) is 30.5 Å². The van der Waals surface area contributed by atoms with Crippen LogP contribution < -0.4 is 5.32 Å². The summed E-state index contributed by atoms with van der Waals surface area (Å²) in [5.74, 6) is 0. The Kier molecular flexibility index (Phi) is 3.62. The number of rotatable bonds is 1. The highest BCUT2D eigenvalue weighted by Gasteiger charge is 2.29. The average Bonchev–Trinajstić information content (AvgIpc) is 2.76. The first-order valence-electron chi connectivity index (χ1n) is 7.71. The van der Waals surface area contributed by atoms with E-state index in [0.29, 0.717) is 12.1 Å². The summed E-state index contributed by atoms with van der Waals surface area (Å²) in [6.45, 7) is 4.27. The molecule has 21 heavy (non-hydrogen) atoms. The molecule has 0 radical (unpaired) electrons. The molecule has 1 fully saturated rings. The van der Waals surface area contributed by atoms with E-state index in [9.17, 15) is 4.79 Å². The number of benzene rings is 1. The van der Waals surface area contributed by atoms with Crippen molar-refractivity contribution in [2.75, 3.05) is 5.32 Å². The lowest BCUT2D eigenvalue weighted by molar-refractivity contribution is 0.133. The molecule has 1 aliphatic heterocycles. The van der Waals surface area contributed by atoms with Crippen molar-refractivity contribution in [3.8, 4) is 0 Å². The Balaban J connectivity index is 1.86. The molecular weight excluding hydrogens is 262 g/mol. The van der Waals surface area contributed by atoms with Gasteiger partial charge in [0.1, 0.15) is 0 Å². The molecule has 1 aliphatic rings. The number of para-hydroxylation sites is 1. The molecule has 2 aromatic rings. The summed E-state index contributed by atoms with van der Waals surface area (Å²) in [6.07, 6.45) is 5.38. The normalized spacial score (nSPS) is 22.5. The van der Waals surface area contributed by atoms with Gasteiger partial charge in [0.05, 0.1) is 5.69 Å². The van der Waals surface area contributed by atoms with Gasteiger partial charge in [-0.15, -0.1) is 0 Å². The van der Waals surface area contributed by atoms with Gasteiger partial charge in [-0.3, -0.25) is 0 Å². The second kappa shape index (κ2) is 5.43. The smallest absolute Gasteiger partial charge is 0.322 e. The minimum Gasteiger partial charge on any atom is -0.348 e. The van der Waals surface area contributed by atoms with E-state index in [1.165, 1.54) is 6.42 Å². The van der Waals surface area contributed by atoms with Crippen molar-refractivity contribution >= 4 is 22.6 Å². The van der Waals surface area contributed by atoms with Gasteiger partial charge in [-0.25, -0.2) is 4.79 Å². The van der Waals surface area contributed by atoms with Crippen molar-refractivity contribution in [3.63, 3.8) is 0 Å². The van der Waals surface area contributed by atoms with E-state index in [0.717, 1.165) is 29.4 Å². The Morgan fingerprint density at radius 3 is 2.57 bits per heavy atom. The molecule has 4 nitrogen and oxygen atoms in total. The number of hydrogen-bond donors (Lipinski definition) is 1. The van der Waals surface area contributed by atoms with Gasteiger partial charge >= 0.3 is 6.03 Å². The molecule has 0 spiro atoms. The van der Waals surface area contributed by atoms with Gasteiger partial charge in [0, 0.05) is 36.2 Å². The summed E-state index contributed by atoms with van der Waals surface area (Å²) in [5, 5.41) is 4.19. The number of carbonyl (C=O) groups is 1. The number of carbonyl (C=O) groups excluding carboxylic acids is 1. The van der Waals surface area contributed by atoms with Crippen LogP contribution in [0.4, 0.5) is 10.5 Å². The van der Waals surface area contributed by atoms with Crippen molar-refractivity contribution in [2.45, 2.75) is 45.2 Å². The van der Waals surface area contributed by atoms with Crippen LogP contribution >= 0.6 is 0 Å². The average molecular weight is 285 g/mol. The molecule has 4 heteroatoms. The highest BCUT2D eigenvalue weighted by atomic mass is 16.2. The molecule has 0 saturated carbocycles. The number of aryl methyl sites for hydroxylation is 1. The van der Waals surface area contributed by atoms with Crippen LogP contribution in [0.3, 0.4) is 0 Å². The molecule has 2 amide bonds. The third kappa shape index (κ3) is 2.50. The minimum atomic E-state index is 0.0195. The second-order valence-electron chi connectivity index (χ2n) is 6.14. The fourth-order valence-electron chi connectivity index (χ4n) is 3.44. The van der Waals surface area contributed by atoms with E-state index < -0.39 is 0 Å². The Hall–Kier alpha value is -1.97. The summed E-state index contributed by atoms with van der Waals surface area (Å²) in [7, 11) is 2.00. The zero-order valence-corrected chi connectivity index (χ0v) is 13.0. The molecule has 2 heterocycles. The summed E-state index contributed by atoms with van der Waals surface area (Å²) in [4.78, 5) is 14.6. The van der Waals surface area contributed by atoms with E-state index in [1.807, 2.05) is 40.9 Å². The summed E-state index contributed by atoms with van der Waals surface area (Å²) in [5.41, 5.74) is 2.02. The molecule has 2 unspecified atom stereocenters. The first-order chi connectivity index (χ1) is 10.1. The molecule has 1 N–H and O–H groups in total. The van der Waals surface area contributed by atoms with Gasteiger partial charge in [0.2, 0.25) is 0 Å². The van der Waals surface area contributed by atoms with Crippen molar-refractivity contribution in [1.29, 1.82) is 0 Å². The molecule has 1 aromatic carbocycles. The number of urea groups is 1. The first kappa shape index (κ1) is 14.0. The van der Waals surface area contributed by atoms with Gasteiger partial charge in [-0.1, -0.05) is 18.2 Å². The number of likely N-dealkylation sites (tertiary alicyclic amines) is 1. The molecule has 112 valence electrons. The van der Waals surface area contributed by atoms with E-state index in [-0.39, 0.29) is 6.03 Å². The van der Waals surface area contributed by atoms with Gasteiger partial charge in [-0.05, 0) is 39.2 Å². The van der Waals surface area contributed by atoms with Gasteiger partial charge < -0.3 is 14.8 Å². The predicted octanol–water partition coefficient (Wildman–Crippen LogP) is 3.97. The van der Waals surface area contributed by atoms with Crippen molar-refractivity contribution < 1.29 is 4.79 Å². The predicted molar refractivity (Wildman–Crippen MR) is 86.6 cm³/mol. The van der Waals surface area contributed by atoms with Crippen LogP contribution in [0.1, 0.15) is 33.1 Å². The zero-order valence-electron chi connectivity index (χ0n) is 13.0. The van der Waals surface area contributed by atoms with E-state index in [4.69, 9.17) is 0 Å². The van der Waals surface area contributed by atoms with Crippen LogP contribution in [0.25, 0.3) is 10.9 Å². The molecule has 1 saturated heterocycles. The highest BCUT2D eigenvalue weighted by molar-refractivity contribution is 6.01.